The summed E-state index contributed by atoms with van der Waals surface area (Å²) in [5.41, 5.74) is 41.0. The number of nitrogens with zero attached hydrogens (tertiary/aromatic N) is 6. The lowest BCUT2D eigenvalue weighted by Gasteiger charge is -2.11. The number of fused-ring (bicyclic) bond motifs is 18. The highest BCUT2D eigenvalue weighted by Crippen LogP contribution is 2.46. The minimum atomic E-state index is 1.16. The molecule has 0 saturated carbocycles. The average molecular weight is 1830 g/mol. The van der Waals surface area contributed by atoms with Crippen LogP contribution in [0, 0.1) is 0 Å². The van der Waals surface area contributed by atoms with Crippen molar-refractivity contribution in [1.29, 1.82) is 0 Å². The molecule has 23 aromatic carbocycles. The molecular weight excluding hydrogens is 1740 g/mol. The zero-order valence-electron chi connectivity index (χ0n) is 78.8. The minimum absolute atomic E-state index is 1.16. The van der Waals surface area contributed by atoms with Gasteiger partial charge in [0.25, 0.3) is 0 Å². The Labute approximate surface area is 833 Å². The van der Waals surface area contributed by atoms with Gasteiger partial charge in [0.1, 0.15) is 0 Å². The third-order valence-corrected chi connectivity index (χ3v) is 29.1. The molecule has 0 radical (unpaired) electrons. The van der Waals surface area contributed by atoms with Gasteiger partial charge in [0.2, 0.25) is 0 Å². The average Bonchev–Trinajstić information content (AvgIpc) is 1.59. The van der Waals surface area contributed by atoms with Crippen LogP contribution in [0.5, 0.6) is 0 Å². The summed E-state index contributed by atoms with van der Waals surface area (Å²) in [6.07, 6.45) is 0. The van der Waals surface area contributed by atoms with Gasteiger partial charge >= 0.3 is 0 Å². The summed E-state index contributed by atoms with van der Waals surface area (Å²) >= 11 is 0. The van der Waals surface area contributed by atoms with Crippen molar-refractivity contribution < 1.29 is 0 Å². The summed E-state index contributed by atoms with van der Waals surface area (Å²) in [5.74, 6) is 0. The van der Waals surface area contributed by atoms with Crippen molar-refractivity contribution in [3.05, 3.63) is 558 Å². The minimum Gasteiger partial charge on any atom is -0.309 e. The molecule has 0 fully saturated rings. The zero-order chi connectivity index (χ0) is 95.1. The van der Waals surface area contributed by atoms with Crippen molar-refractivity contribution in [3.8, 4) is 123 Å². The van der Waals surface area contributed by atoms with E-state index < -0.39 is 0 Å². The Morgan fingerprint density at radius 1 is 0.0764 bits per heavy atom. The van der Waals surface area contributed by atoms with Crippen molar-refractivity contribution >= 4 is 131 Å². The molecule has 0 saturated heterocycles. The lowest BCUT2D eigenvalue weighted by atomic mass is 10.0. The van der Waals surface area contributed by atoms with Crippen LogP contribution < -0.4 is 0 Å². The Morgan fingerprint density at radius 3 is 0.438 bits per heavy atom. The fourth-order valence-electron chi connectivity index (χ4n) is 22.4. The van der Waals surface area contributed by atoms with Gasteiger partial charge in [0.05, 0.1) is 66.2 Å². The molecule has 0 aliphatic rings. The summed E-state index contributed by atoms with van der Waals surface area (Å²) in [6.45, 7) is 0. The van der Waals surface area contributed by atoms with Gasteiger partial charge in [-0.15, -0.1) is 0 Å². The summed E-state index contributed by atoms with van der Waals surface area (Å²) in [6, 6.07) is 202. The van der Waals surface area contributed by atoms with E-state index >= 15 is 0 Å². The second-order valence-corrected chi connectivity index (χ2v) is 37.4. The molecule has 29 aromatic rings. The molecule has 0 amide bonds. The summed E-state index contributed by atoms with van der Waals surface area (Å²) in [7, 11) is 0. The van der Waals surface area contributed by atoms with E-state index in [4.69, 9.17) is 0 Å². The molecule has 144 heavy (non-hydrogen) atoms. The van der Waals surface area contributed by atoms with Crippen molar-refractivity contribution in [3.63, 3.8) is 0 Å². The lowest BCUT2D eigenvalue weighted by Crippen LogP contribution is -1.94. The molecule has 6 heterocycles. The predicted molar refractivity (Wildman–Crippen MR) is 609 cm³/mol. The molecule has 6 nitrogen and oxygen atoms in total. The number of benzene rings is 23. The van der Waals surface area contributed by atoms with Crippen molar-refractivity contribution in [2.75, 3.05) is 0 Å². The highest BCUT2D eigenvalue weighted by Gasteiger charge is 2.24. The summed E-state index contributed by atoms with van der Waals surface area (Å²) in [4.78, 5) is 0. The Bertz CT molecular complexity index is 9580. The maximum absolute atomic E-state index is 2.40. The predicted octanol–water partition coefficient (Wildman–Crippen LogP) is 37.0. The Kier molecular flexibility index (Phi) is 20.9. The zero-order valence-corrected chi connectivity index (χ0v) is 78.8. The quantitative estimate of drug-likeness (QED) is 0.104. The van der Waals surface area contributed by atoms with Gasteiger partial charge in [0.15, 0.2) is 0 Å². The van der Waals surface area contributed by atoms with E-state index in [1.54, 1.807) is 0 Å². The van der Waals surface area contributed by atoms with E-state index in [0.717, 1.165) is 22.7 Å². The van der Waals surface area contributed by atoms with E-state index in [1.807, 2.05) is 0 Å². The van der Waals surface area contributed by atoms with Gasteiger partial charge in [-0.1, -0.05) is 376 Å². The van der Waals surface area contributed by atoms with Crippen molar-refractivity contribution in [1.82, 2.24) is 27.4 Å². The van der Waals surface area contributed by atoms with E-state index in [1.165, 1.54) is 231 Å². The van der Waals surface area contributed by atoms with Gasteiger partial charge in [-0.3, -0.25) is 0 Å². The van der Waals surface area contributed by atoms with E-state index in [0.29, 0.717) is 0 Å². The molecule has 0 bridgehead atoms. The van der Waals surface area contributed by atoms with Crippen molar-refractivity contribution in [2.45, 2.75) is 0 Å². The topological polar surface area (TPSA) is 29.6 Å². The third-order valence-electron chi connectivity index (χ3n) is 29.1. The largest absolute Gasteiger partial charge is 0.309 e. The maximum atomic E-state index is 2.40. The van der Waals surface area contributed by atoms with Gasteiger partial charge in [0, 0.05) is 98.8 Å². The third kappa shape index (κ3) is 14.8. The summed E-state index contributed by atoms with van der Waals surface area (Å²) < 4.78 is 14.4. The van der Waals surface area contributed by atoms with Crippen LogP contribution in [0.3, 0.4) is 0 Å². The molecule has 0 atom stereocenters. The van der Waals surface area contributed by atoms with Crippen LogP contribution in [0.4, 0.5) is 0 Å². The van der Waals surface area contributed by atoms with Crippen LogP contribution >= 0.6 is 0 Å². The fraction of sp³-hybridized carbons (Fsp3) is 0. The Balaban J connectivity index is 0.000000108. The monoisotopic (exact) mass is 1830 g/mol. The first-order valence-corrected chi connectivity index (χ1v) is 49.5. The smallest absolute Gasteiger partial charge is 0.0541 e. The first-order valence-electron chi connectivity index (χ1n) is 49.5. The van der Waals surface area contributed by atoms with Gasteiger partial charge in [-0.05, 0) is 271 Å². The van der Waals surface area contributed by atoms with Crippen LogP contribution in [-0.2, 0) is 0 Å². The number of para-hydroxylation sites is 7. The molecule has 0 aliphatic heterocycles. The van der Waals surface area contributed by atoms with Crippen molar-refractivity contribution in [2.24, 2.45) is 0 Å². The normalized spacial score (nSPS) is 11.6. The Hall–Kier alpha value is -19.1. The van der Waals surface area contributed by atoms with E-state index in [9.17, 15) is 0 Å². The first-order chi connectivity index (χ1) is 71.4. The van der Waals surface area contributed by atoms with Crippen LogP contribution in [0.25, 0.3) is 254 Å². The fourth-order valence-corrected chi connectivity index (χ4v) is 22.4. The van der Waals surface area contributed by atoms with E-state index in [2.05, 4.69) is 586 Å². The second-order valence-electron chi connectivity index (χ2n) is 37.4. The van der Waals surface area contributed by atoms with Crippen LogP contribution in [0.2, 0.25) is 0 Å². The molecule has 29 rings (SSSR count). The second kappa shape index (κ2) is 35.7. The molecule has 0 N–H and O–H groups in total. The highest BCUT2D eigenvalue weighted by molar-refractivity contribution is 6.17. The van der Waals surface area contributed by atoms with Gasteiger partial charge in [-0.25, -0.2) is 0 Å². The van der Waals surface area contributed by atoms with Crippen LogP contribution in [0.1, 0.15) is 0 Å². The molecule has 0 aliphatic carbocycles. The lowest BCUT2D eigenvalue weighted by molar-refractivity contribution is 1.18. The van der Waals surface area contributed by atoms with E-state index in [-0.39, 0.29) is 0 Å². The number of hydrogen-bond acceptors (Lipinski definition) is 0. The first kappa shape index (κ1) is 84.2. The van der Waals surface area contributed by atoms with Crippen LogP contribution in [0.15, 0.2) is 558 Å². The highest BCUT2D eigenvalue weighted by atomic mass is 15.0. The Morgan fingerprint density at radius 2 is 0.215 bits per heavy atom. The maximum Gasteiger partial charge on any atom is 0.0541 e. The van der Waals surface area contributed by atoms with Gasteiger partial charge in [-0.2, -0.15) is 0 Å². The summed E-state index contributed by atoms with van der Waals surface area (Å²) in [5, 5.41) is 15.1. The SMILES string of the molecule is c1ccc(-c2ccc(-n3c4ccccc4c4cc(-c5ccc6c(c5)c5ccccc5n6-c5ccc(-c6ccccc6)cc5)ccc43)cc2)cc1.c1ccc(-c2cccc(-n3c4ccccc4c4cc(-c5ccc6c(c5)c5ccccc5n6-c5cccc(-c6ccccc6)c5)ccc43)c2)cc1.c1ccc(-c2cccc(-n3c4ccccc4c4cc(-c5ccc6c(c5)c5ccccc5n6-c5ccccc5)ccc43)c2)cc1. The van der Waals surface area contributed by atoms with Gasteiger partial charge < -0.3 is 27.4 Å². The molecular formula is C138H92N6. The molecule has 0 spiro atoms. The van der Waals surface area contributed by atoms with Crippen LogP contribution in [-0.4, -0.2) is 27.4 Å². The molecule has 0 unspecified atom stereocenters. The number of aromatic nitrogens is 6. The number of hydrogen-bond donors (Lipinski definition) is 0. The molecule has 674 valence electrons. The molecule has 6 heteroatoms. The molecule has 6 aromatic heterocycles. The number of rotatable bonds is 14. The standard InChI is InChI=1S/2C48H32N2.C42H28N2/c1-3-13-33(14-4-1)35-17-11-19-39(29-35)49-45-23-9-7-21-41(45)43-31-37(25-27-47(43)49)38-26-28-48-44(32-38)42-22-8-10-24-46(42)50(48)40-20-12-18-36(30-40)34-15-5-2-6-16-34;1-3-11-33(12-4-1)35-19-25-39(26-20-35)49-45-17-9-7-15-41(45)43-31-37(23-29-47(43)49)38-24-30-48-44(32-38)42-16-8-10-18-46(42)50(48)40-27-21-36(22-28-40)34-13-5-2-6-14-34;1-3-12-29(13-4-1)30-14-11-17-34(26-30)44-40-21-10-8-19-36(40)38-28-32(23-25-42(38)44)31-22-24-41-37(27-31)35-18-7-9-20-39(35)43(41)33-15-5-2-6-16-33/h2*1-32H;1-28H.